The molecule has 0 aliphatic rings. The van der Waals surface area contributed by atoms with Crippen molar-refractivity contribution in [2.24, 2.45) is 0 Å². The van der Waals surface area contributed by atoms with Gasteiger partial charge in [-0.2, -0.15) is 0 Å². The molecule has 4 N–H and O–H groups in total. The molecule has 2 atom stereocenters. The summed E-state index contributed by atoms with van der Waals surface area (Å²) in [4.78, 5) is 10.5. The normalized spacial score (nSPS) is 13.8. The van der Waals surface area contributed by atoms with E-state index in [0.717, 1.165) is 0 Å². The Morgan fingerprint density at radius 3 is 2.68 bits per heavy atom. The van der Waals surface area contributed by atoms with Gasteiger partial charge in [-0.1, -0.05) is 18.2 Å². The van der Waals surface area contributed by atoms with Crippen LogP contribution < -0.4 is 10.1 Å². The van der Waals surface area contributed by atoms with Crippen molar-refractivity contribution >= 4 is 5.97 Å². The molecule has 0 aliphatic heterocycles. The molecule has 6 nitrogen and oxygen atoms in total. The summed E-state index contributed by atoms with van der Waals surface area (Å²) in [6.07, 6.45) is -1.68. The van der Waals surface area contributed by atoms with Gasteiger partial charge in [0.25, 0.3) is 0 Å². The van der Waals surface area contributed by atoms with Crippen molar-refractivity contribution < 1.29 is 24.9 Å². The van der Waals surface area contributed by atoms with Gasteiger partial charge in [-0.05, 0) is 26.1 Å². The van der Waals surface area contributed by atoms with Gasteiger partial charge in [0.15, 0.2) is 6.61 Å². The van der Waals surface area contributed by atoms with Crippen LogP contribution in [0.25, 0.3) is 0 Å². The first kappa shape index (κ1) is 15.4. The number of para-hydroxylation sites is 1. The minimum Gasteiger partial charge on any atom is -0.482 e. The maximum absolute atomic E-state index is 10.5. The largest absolute Gasteiger partial charge is 0.482 e. The van der Waals surface area contributed by atoms with Crippen LogP contribution in [0.2, 0.25) is 0 Å². The molecule has 0 saturated carbocycles. The number of aliphatic hydroxyl groups is 2. The molecule has 0 aromatic heterocycles. The molecule has 1 aromatic carbocycles. The molecule has 0 bridgehead atoms. The summed E-state index contributed by atoms with van der Waals surface area (Å²) in [6.45, 7) is 0.0761. The highest BCUT2D eigenvalue weighted by Gasteiger charge is 2.21. The lowest BCUT2D eigenvalue weighted by atomic mass is 10.0. The van der Waals surface area contributed by atoms with Crippen molar-refractivity contribution in [3.63, 3.8) is 0 Å². The molecule has 19 heavy (non-hydrogen) atoms. The molecule has 1 rings (SSSR count). The molecule has 0 saturated heterocycles. The third-order valence-corrected chi connectivity index (χ3v) is 2.64. The van der Waals surface area contributed by atoms with Crippen LogP contribution in [-0.4, -0.2) is 47.6 Å². The smallest absolute Gasteiger partial charge is 0.341 e. The fraction of sp³-hybridized carbons (Fsp3) is 0.462. The van der Waals surface area contributed by atoms with E-state index in [2.05, 4.69) is 5.32 Å². The SMILES string of the molecule is CNCCC(O)C(O)c1ccccc1OCC(=O)O. The zero-order valence-corrected chi connectivity index (χ0v) is 10.7. The third-order valence-electron chi connectivity index (χ3n) is 2.64. The number of rotatable bonds is 8. The molecule has 0 fully saturated rings. The highest BCUT2D eigenvalue weighted by molar-refractivity contribution is 5.68. The van der Waals surface area contributed by atoms with Crippen LogP contribution >= 0.6 is 0 Å². The number of nitrogens with one attached hydrogen (secondary N) is 1. The van der Waals surface area contributed by atoms with Crippen LogP contribution in [0.5, 0.6) is 5.75 Å². The Bertz CT molecular complexity index is 410. The predicted octanol–water partition coefficient (Wildman–Crippen LogP) is 0.154. The van der Waals surface area contributed by atoms with Gasteiger partial charge in [0.1, 0.15) is 11.9 Å². The highest BCUT2D eigenvalue weighted by Crippen LogP contribution is 2.28. The van der Waals surface area contributed by atoms with E-state index in [1.165, 1.54) is 0 Å². The number of ether oxygens (including phenoxy) is 1. The lowest BCUT2D eigenvalue weighted by Crippen LogP contribution is -2.24. The zero-order chi connectivity index (χ0) is 14.3. The third kappa shape index (κ3) is 4.86. The maximum atomic E-state index is 10.5. The summed E-state index contributed by atoms with van der Waals surface area (Å²) in [7, 11) is 1.75. The predicted molar refractivity (Wildman–Crippen MR) is 69.1 cm³/mol. The van der Waals surface area contributed by atoms with Crippen LogP contribution in [0.3, 0.4) is 0 Å². The average molecular weight is 269 g/mol. The molecule has 0 heterocycles. The van der Waals surface area contributed by atoms with Crippen molar-refractivity contribution in [1.82, 2.24) is 5.32 Å². The van der Waals surface area contributed by atoms with Crippen molar-refractivity contribution in [2.75, 3.05) is 20.2 Å². The van der Waals surface area contributed by atoms with E-state index in [0.29, 0.717) is 18.5 Å². The average Bonchev–Trinajstić information content (AvgIpc) is 2.42. The Kier molecular flexibility index (Phi) is 6.27. The van der Waals surface area contributed by atoms with E-state index in [1.807, 2.05) is 0 Å². The Morgan fingerprint density at radius 2 is 2.05 bits per heavy atom. The number of hydrogen-bond donors (Lipinski definition) is 4. The standard InChI is InChI=1S/C13H19NO5/c1-14-7-6-10(15)13(18)9-4-2-3-5-11(9)19-8-12(16)17/h2-5,10,13-15,18H,6-8H2,1H3,(H,16,17). The highest BCUT2D eigenvalue weighted by atomic mass is 16.5. The quantitative estimate of drug-likeness (QED) is 0.536. The maximum Gasteiger partial charge on any atom is 0.341 e. The van der Waals surface area contributed by atoms with E-state index in [-0.39, 0.29) is 5.75 Å². The zero-order valence-electron chi connectivity index (χ0n) is 10.7. The van der Waals surface area contributed by atoms with E-state index >= 15 is 0 Å². The fourth-order valence-corrected chi connectivity index (χ4v) is 1.65. The van der Waals surface area contributed by atoms with Crippen molar-refractivity contribution in [3.05, 3.63) is 29.8 Å². The lowest BCUT2D eigenvalue weighted by molar-refractivity contribution is -0.139. The van der Waals surface area contributed by atoms with Crippen molar-refractivity contribution in [2.45, 2.75) is 18.6 Å². The number of aliphatic hydroxyl groups excluding tert-OH is 2. The molecule has 0 radical (unpaired) electrons. The topological polar surface area (TPSA) is 99.0 Å². The van der Waals surface area contributed by atoms with Crippen LogP contribution in [0.1, 0.15) is 18.1 Å². The van der Waals surface area contributed by atoms with E-state index < -0.39 is 24.8 Å². The molecule has 0 spiro atoms. The molecular weight excluding hydrogens is 250 g/mol. The molecule has 2 unspecified atom stereocenters. The summed E-state index contributed by atoms with van der Waals surface area (Å²) < 4.78 is 5.09. The Morgan fingerprint density at radius 1 is 1.37 bits per heavy atom. The molecule has 0 aliphatic carbocycles. The number of carbonyl (C=O) groups is 1. The van der Waals surface area contributed by atoms with Crippen LogP contribution in [0.15, 0.2) is 24.3 Å². The Balaban J connectivity index is 2.77. The van der Waals surface area contributed by atoms with Gasteiger partial charge in [-0.3, -0.25) is 0 Å². The molecule has 106 valence electrons. The number of hydrogen-bond acceptors (Lipinski definition) is 5. The molecule has 6 heteroatoms. The second kappa shape index (κ2) is 7.73. The van der Waals surface area contributed by atoms with Crippen LogP contribution in [0, 0.1) is 0 Å². The van der Waals surface area contributed by atoms with Crippen LogP contribution in [-0.2, 0) is 4.79 Å². The molecule has 1 aromatic rings. The number of carboxylic acid groups (broad SMARTS) is 1. The summed E-state index contributed by atoms with van der Waals surface area (Å²) >= 11 is 0. The van der Waals surface area contributed by atoms with Gasteiger partial charge < -0.3 is 25.4 Å². The summed E-state index contributed by atoms with van der Waals surface area (Å²) in [5.74, 6) is -0.832. The minimum atomic E-state index is -1.11. The first-order valence-corrected chi connectivity index (χ1v) is 6.00. The van der Waals surface area contributed by atoms with Crippen molar-refractivity contribution in [1.29, 1.82) is 0 Å². The number of aliphatic carboxylic acids is 1. The van der Waals surface area contributed by atoms with Gasteiger partial charge >= 0.3 is 5.97 Å². The van der Waals surface area contributed by atoms with Gasteiger partial charge in [-0.25, -0.2) is 4.79 Å². The number of carboxylic acids is 1. The first-order valence-electron chi connectivity index (χ1n) is 6.00. The Labute approximate surface area is 111 Å². The summed E-state index contributed by atoms with van der Waals surface area (Å²) in [5.41, 5.74) is 0.382. The minimum absolute atomic E-state index is 0.265. The second-order valence-corrected chi connectivity index (χ2v) is 4.12. The lowest BCUT2D eigenvalue weighted by Gasteiger charge is -2.20. The molecular formula is C13H19NO5. The van der Waals surface area contributed by atoms with Gasteiger partial charge in [-0.15, -0.1) is 0 Å². The van der Waals surface area contributed by atoms with Crippen molar-refractivity contribution in [3.8, 4) is 5.75 Å². The fourth-order valence-electron chi connectivity index (χ4n) is 1.65. The van der Waals surface area contributed by atoms with E-state index in [9.17, 15) is 15.0 Å². The second-order valence-electron chi connectivity index (χ2n) is 4.12. The van der Waals surface area contributed by atoms with Gasteiger partial charge in [0.05, 0.1) is 6.10 Å². The van der Waals surface area contributed by atoms with Gasteiger partial charge in [0.2, 0.25) is 0 Å². The summed E-state index contributed by atoms with van der Waals surface area (Å²) in [5, 5.41) is 31.4. The van der Waals surface area contributed by atoms with Gasteiger partial charge in [0, 0.05) is 5.56 Å². The van der Waals surface area contributed by atoms with E-state index in [1.54, 1.807) is 31.3 Å². The monoisotopic (exact) mass is 269 g/mol. The molecule has 0 amide bonds. The van der Waals surface area contributed by atoms with Crippen LogP contribution in [0.4, 0.5) is 0 Å². The first-order chi connectivity index (χ1) is 9.06. The van der Waals surface area contributed by atoms with E-state index in [4.69, 9.17) is 9.84 Å². The number of benzene rings is 1. The summed E-state index contributed by atoms with van der Waals surface area (Å²) in [6, 6.07) is 6.53. The Hall–Kier alpha value is -1.63.